The van der Waals surface area contributed by atoms with Gasteiger partial charge in [-0.05, 0) is 74.5 Å². The van der Waals surface area contributed by atoms with Crippen LogP contribution in [0.2, 0.25) is 0 Å². The molecule has 9 heteroatoms. The van der Waals surface area contributed by atoms with E-state index in [4.69, 9.17) is 4.74 Å². The lowest BCUT2D eigenvalue weighted by atomic mass is 10.1. The summed E-state index contributed by atoms with van der Waals surface area (Å²) < 4.78 is 6.03. The zero-order valence-electron chi connectivity index (χ0n) is 21.7. The molecule has 3 aliphatic heterocycles. The van der Waals surface area contributed by atoms with Gasteiger partial charge in [0.15, 0.2) is 5.69 Å². The van der Waals surface area contributed by atoms with Crippen LogP contribution in [-0.2, 0) is 13.1 Å². The number of benzene rings is 2. The fourth-order valence-corrected chi connectivity index (χ4v) is 5.88. The quantitative estimate of drug-likeness (QED) is 0.514. The first kappa shape index (κ1) is 24.7. The number of ether oxygens (including phenoxy) is 1. The highest BCUT2D eigenvalue weighted by Gasteiger charge is 2.29. The average molecular weight is 518 g/mol. The summed E-state index contributed by atoms with van der Waals surface area (Å²) in [6, 6.07) is 9.10. The topological polar surface area (TPSA) is 102 Å². The van der Waals surface area contributed by atoms with Gasteiger partial charge in [0.05, 0.1) is 11.1 Å². The fourth-order valence-electron chi connectivity index (χ4n) is 5.88. The second-order valence-corrected chi connectivity index (χ2v) is 10.7. The largest absolute Gasteiger partial charge is 0.507 e. The molecular formula is C29H35N5O4. The van der Waals surface area contributed by atoms with Crippen LogP contribution in [0.3, 0.4) is 0 Å². The molecule has 2 fully saturated rings. The van der Waals surface area contributed by atoms with Crippen molar-refractivity contribution < 1.29 is 19.4 Å². The zero-order valence-corrected chi connectivity index (χ0v) is 21.7. The number of hydrogen-bond donors (Lipinski definition) is 2. The van der Waals surface area contributed by atoms with E-state index in [1.165, 1.54) is 25.3 Å². The third-order valence-corrected chi connectivity index (χ3v) is 8.07. The average Bonchev–Trinajstić information content (AvgIpc) is 3.56. The molecule has 0 aliphatic carbocycles. The van der Waals surface area contributed by atoms with E-state index in [0.29, 0.717) is 49.4 Å². The molecule has 200 valence electrons. The number of carbonyl (C=O) groups is 2. The van der Waals surface area contributed by atoms with E-state index in [0.717, 1.165) is 55.8 Å². The molecule has 2 N–H and O–H groups in total. The Balaban J connectivity index is 1.15. The SMILES string of the molecule is O=C(c1cc2c(C(=O)N3CCCCC3)n[nH]c2cc1O)N1Cc2ccc(OCCN3CCCCC3)cc2C1. The number of phenols is 1. The monoisotopic (exact) mass is 517 g/mol. The number of amides is 2. The van der Waals surface area contributed by atoms with Crippen molar-refractivity contribution in [1.82, 2.24) is 24.9 Å². The molecule has 4 heterocycles. The van der Waals surface area contributed by atoms with Crippen LogP contribution >= 0.6 is 0 Å². The smallest absolute Gasteiger partial charge is 0.274 e. The van der Waals surface area contributed by atoms with Crippen LogP contribution in [0.4, 0.5) is 0 Å². The van der Waals surface area contributed by atoms with Crippen LogP contribution in [0, 0.1) is 0 Å². The first-order chi connectivity index (χ1) is 18.6. The van der Waals surface area contributed by atoms with Gasteiger partial charge < -0.3 is 19.6 Å². The van der Waals surface area contributed by atoms with Crippen LogP contribution in [0.25, 0.3) is 10.9 Å². The van der Waals surface area contributed by atoms with E-state index in [-0.39, 0.29) is 23.1 Å². The summed E-state index contributed by atoms with van der Waals surface area (Å²) in [4.78, 5) is 32.6. The number of aromatic hydroxyl groups is 1. The van der Waals surface area contributed by atoms with Crippen molar-refractivity contribution in [2.24, 2.45) is 0 Å². The molecule has 0 unspecified atom stereocenters. The highest BCUT2D eigenvalue weighted by Crippen LogP contribution is 2.32. The third kappa shape index (κ3) is 4.95. The van der Waals surface area contributed by atoms with Crippen molar-refractivity contribution in [3.8, 4) is 11.5 Å². The van der Waals surface area contributed by atoms with Crippen molar-refractivity contribution in [3.63, 3.8) is 0 Å². The molecule has 2 amide bonds. The van der Waals surface area contributed by atoms with Crippen LogP contribution in [-0.4, -0.2) is 81.1 Å². The van der Waals surface area contributed by atoms with Crippen molar-refractivity contribution in [3.05, 3.63) is 52.7 Å². The number of fused-ring (bicyclic) bond motifs is 2. The Morgan fingerprint density at radius 1 is 0.868 bits per heavy atom. The molecule has 0 saturated carbocycles. The van der Waals surface area contributed by atoms with Crippen molar-refractivity contribution in [1.29, 1.82) is 0 Å². The van der Waals surface area contributed by atoms with Gasteiger partial charge in [0.2, 0.25) is 0 Å². The number of H-pyrrole nitrogens is 1. The lowest BCUT2D eigenvalue weighted by molar-refractivity contribution is 0.0717. The molecule has 38 heavy (non-hydrogen) atoms. The van der Waals surface area contributed by atoms with Crippen molar-refractivity contribution >= 4 is 22.7 Å². The number of piperidine rings is 2. The van der Waals surface area contributed by atoms with Gasteiger partial charge in [-0.1, -0.05) is 12.5 Å². The Bertz CT molecular complexity index is 1340. The van der Waals surface area contributed by atoms with Gasteiger partial charge in [0.1, 0.15) is 18.1 Å². The maximum absolute atomic E-state index is 13.5. The molecule has 2 aromatic carbocycles. The lowest BCUT2D eigenvalue weighted by Gasteiger charge is -2.26. The number of hydrogen-bond acceptors (Lipinski definition) is 6. The predicted molar refractivity (Wildman–Crippen MR) is 143 cm³/mol. The lowest BCUT2D eigenvalue weighted by Crippen LogP contribution is -2.35. The van der Waals surface area contributed by atoms with E-state index in [2.05, 4.69) is 15.1 Å². The minimum atomic E-state index is -0.272. The number of carbonyl (C=O) groups excluding carboxylic acids is 2. The Morgan fingerprint density at radius 3 is 2.39 bits per heavy atom. The second kappa shape index (κ2) is 10.6. The van der Waals surface area contributed by atoms with E-state index >= 15 is 0 Å². The first-order valence-corrected chi connectivity index (χ1v) is 13.8. The maximum atomic E-state index is 13.5. The molecule has 1 aromatic heterocycles. The number of phenolic OH excluding ortho intramolecular Hbond substituents is 1. The van der Waals surface area contributed by atoms with E-state index in [9.17, 15) is 14.7 Å². The molecule has 0 spiro atoms. The Kier molecular flexibility index (Phi) is 6.93. The minimum absolute atomic E-state index is 0.124. The molecular weight excluding hydrogens is 482 g/mol. The number of rotatable bonds is 6. The van der Waals surface area contributed by atoms with Crippen LogP contribution in [0.15, 0.2) is 30.3 Å². The Labute approximate surface area is 222 Å². The Morgan fingerprint density at radius 2 is 1.61 bits per heavy atom. The highest BCUT2D eigenvalue weighted by molar-refractivity contribution is 6.08. The summed E-state index contributed by atoms with van der Waals surface area (Å²) >= 11 is 0. The van der Waals surface area contributed by atoms with E-state index in [1.807, 2.05) is 23.1 Å². The van der Waals surface area contributed by atoms with Crippen LogP contribution < -0.4 is 4.74 Å². The molecule has 0 bridgehead atoms. The van der Waals surface area contributed by atoms with Gasteiger partial charge in [-0.3, -0.25) is 19.6 Å². The fraction of sp³-hybridized carbons (Fsp3) is 0.483. The molecule has 2 saturated heterocycles. The maximum Gasteiger partial charge on any atom is 0.274 e. The van der Waals surface area contributed by atoms with Gasteiger partial charge in [-0.25, -0.2) is 0 Å². The van der Waals surface area contributed by atoms with Gasteiger partial charge >= 0.3 is 0 Å². The molecule has 3 aliphatic rings. The highest BCUT2D eigenvalue weighted by atomic mass is 16.5. The van der Waals surface area contributed by atoms with E-state index in [1.54, 1.807) is 11.0 Å². The normalized spacial score (nSPS) is 18.1. The number of aromatic amines is 1. The molecule has 6 rings (SSSR count). The van der Waals surface area contributed by atoms with Gasteiger partial charge in [-0.15, -0.1) is 0 Å². The number of nitrogens with one attached hydrogen (secondary N) is 1. The van der Waals surface area contributed by atoms with Crippen LogP contribution in [0.5, 0.6) is 11.5 Å². The Hall–Kier alpha value is -3.59. The summed E-state index contributed by atoms with van der Waals surface area (Å²) in [6.07, 6.45) is 6.95. The summed E-state index contributed by atoms with van der Waals surface area (Å²) in [6.45, 7) is 6.22. The van der Waals surface area contributed by atoms with Gasteiger partial charge in [0, 0.05) is 44.2 Å². The number of likely N-dealkylation sites (tertiary alicyclic amines) is 2. The predicted octanol–water partition coefficient (Wildman–Crippen LogP) is 3.92. The summed E-state index contributed by atoms with van der Waals surface area (Å²) in [5.41, 5.74) is 3.14. The second-order valence-electron chi connectivity index (χ2n) is 10.7. The van der Waals surface area contributed by atoms with E-state index < -0.39 is 0 Å². The van der Waals surface area contributed by atoms with Gasteiger partial charge in [-0.2, -0.15) is 5.10 Å². The number of aromatic nitrogens is 2. The van der Waals surface area contributed by atoms with Crippen molar-refractivity contribution in [2.75, 3.05) is 39.3 Å². The van der Waals surface area contributed by atoms with Crippen LogP contribution in [0.1, 0.15) is 70.5 Å². The summed E-state index contributed by atoms with van der Waals surface area (Å²) in [5, 5.41) is 18.3. The number of nitrogens with zero attached hydrogens (tertiary/aromatic N) is 4. The molecule has 0 radical (unpaired) electrons. The molecule has 9 nitrogen and oxygen atoms in total. The zero-order chi connectivity index (χ0) is 26.1. The summed E-state index contributed by atoms with van der Waals surface area (Å²) in [7, 11) is 0. The molecule has 0 atom stereocenters. The molecule has 3 aromatic rings. The summed E-state index contributed by atoms with van der Waals surface area (Å²) in [5.74, 6) is 0.284. The first-order valence-electron chi connectivity index (χ1n) is 13.8. The van der Waals surface area contributed by atoms with Crippen molar-refractivity contribution in [2.45, 2.75) is 51.6 Å². The standard InChI is InChI=1S/C29H35N5O4/c35-26-17-25-23(27(31-30-25)29(37)33-11-5-2-6-12-33)16-24(26)28(36)34-18-20-7-8-22(15-21(20)19-34)38-14-13-32-9-3-1-4-10-32/h7-8,15-17,35H,1-6,9-14,18-19H2,(H,30,31). The van der Waals surface area contributed by atoms with Gasteiger partial charge in [0.25, 0.3) is 11.8 Å². The minimum Gasteiger partial charge on any atom is -0.507 e. The third-order valence-electron chi connectivity index (χ3n) is 8.07.